The number of aromatic nitrogens is 2. The third-order valence-electron chi connectivity index (χ3n) is 3.29. The molecule has 0 spiro atoms. The Morgan fingerprint density at radius 2 is 1.96 bits per heavy atom. The number of amides is 1. The van der Waals surface area contributed by atoms with E-state index in [1.165, 1.54) is 6.33 Å². The van der Waals surface area contributed by atoms with Crippen LogP contribution in [0.4, 0.5) is 5.82 Å². The maximum absolute atomic E-state index is 12.2. The average molecular weight is 333 g/mol. The van der Waals surface area contributed by atoms with Gasteiger partial charge in [-0.3, -0.25) is 4.79 Å². The van der Waals surface area contributed by atoms with Crippen molar-refractivity contribution in [2.45, 2.75) is 26.8 Å². The van der Waals surface area contributed by atoms with Crippen LogP contribution in [-0.4, -0.2) is 22.4 Å². The van der Waals surface area contributed by atoms with Gasteiger partial charge in [-0.05, 0) is 30.0 Å². The molecule has 0 unspecified atom stereocenters. The van der Waals surface area contributed by atoms with Gasteiger partial charge in [-0.15, -0.1) is 0 Å². The molecule has 0 bridgehead atoms. The minimum absolute atomic E-state index is 0.228. The zero-order valence-electron chi connectivity index (χ0n) is 13.3. The number of benzene rings is 1. The monoisotopic (exact) mass is 332 g/mol. The molecule has 2 N–H and O–H groups in total. The highest BCUT2D eigenvalue weighted by molar-refractivity contribution is 6.30. The highest BCUT2D eigenvalue weighted by Crippen LogP contribution is 2.10. The maximum Gasteiger partial charge on any atom is 0.270 e. The van der Waals surface area contributed by atoms with Crippen LogP contribution >= 0.6 is 11.6 Å². The molecule has 122 valence electrons. The Morgan fingerprint density at radius 1 is 1.22 bits per heavy atom. The van der Waals surface area contributed by atoms with E-state index in [-0.39, 0.29) is 5.91 Å². The van der Waals surface area contributed by atoms with Crippen molar-refractivity contribution in [2.75, 3.05) is 11.9 Å². The van der Waals surface area contributed by atoms with Gasteiger partial charge in [-0.25, -0.2) is 9.97 Å². The van der Waals surface area contributed by atoms with Crippen LogP contribution < -0.4 is 10.6 Å². The van der Waals surface area contributed by atoms with Crippen LogP contribution in [0.5, 0.6) is 0 Å². The molecule has 1 aromatic carbocycles. The van der Waals surface area contributed by atoms with Crippen molar-refractivity contribution in [1.82, 2.24) is 15.3 Å². The van der Waals surface area contributed by atoms with Gasteiger partial charge in [0.15, 0.2) is 0 Å². The molecule has 0 aliphatic heterocycles. The smallest absolute Gasteiger partial charge is 0.270 e. The Balaban J connectivity index is 1.90. The van der Waals surface area contributed by atoms with E-state index >= 15 is 0 Å². The maximum atomic E-state index is 12.2. The number of anilines is 1. The third-order valence-corrected chi connectivity index (χ3v) is 3.55. The fourth-order valence-corrected chi connectivity index (χ4v) is 2.07. The summed E-state index contributed by atoms with van der Waals surface area (Å²) in [5.74, 6) is 1.05. The van der Waals surface area contributed by atoms with E-state index in [4.69, 9.17) is 11.6 Å². The van der Waals surface area contributed by atoms with Crippen LogP contribution in [0.1, 0.15) is 36.3 Å². The molecule has 6 heteroatoms. The lowest BCUT2D eigenvalue weighted by molar-refractivity contribution is 0.0946. The van der Waals surface area contributed by atoms with E-state index in [0.29, 0.717) is 29.0 Å². The average Bonchev–Trinajstić information content (AvgIpc) is 2.54. The molecule has 0 fully saturated rings. The lowest BCUT2D eigenvalue weighted by Crippen LogP contribution is -2.24. The standard InChI is InChI=1S/C17H21ClN4O/c1-12(2)7-8-19-16-9-15(21-11-22-16)17(23)20-10-13-3-5-14(18)6-4-13/h3-6,9,11-12H,7-8,10H2,1-2H3,(H,20,23)(H,19,21,22). The van der Waals surface area contributed by atoms with Gasteiger partial charge in [-0.2, -0.15) is 0 Å². The van der Waals surface area contributed by atoms with E-state index < -0.39 is 0 Å². The van der Waals surface area contributed by atoms with Crippen molar-refractivity contribution in [1.29, 1.82) is 0 Å². The zero-order chi connectivity index (χ0) is 16.7. The van der Waals surface area contributed by atoms with Crippen LogP contribution in [0.2, 0.25) is 5.02 Å². The number of hydrogen-bond donors (Lipinski definition) is 2. The Kier molecular flexibility index (Phi) is 6.35. The Labute approximate surface area is 141 Å². The molecule has 0 aliphatic rings. The normalized spacial score (nSPS) is 10.6. The molecule has 23 heavy (non-hydrogen) atoms. The predicted molar refractivity (Wildman–Crippen MR) is 92.6 cm³/mol. The molecular formula is C17H21ClN4O. The molecule has 0 saturated heterocycles. The van der Waals surface area contributed by atoms with Crippen molar-refractivity contribution in [3.63, 3.8) is 0 Å². The van der Waals surface area contributed by atoms with Gasteiger partial charge in [-0.1, -0.05) is 37.6 Å². The van der Waals surface area contributed by atoms with E-state index in [9.17, 15) is 4.79 Å². The van der Waals surface area contributed by atoms with Crippen molar-refractivity contribution in [3.8, 4) is 0 Å². The molecule has 0 radical (unpaired) electrons. The first-order valence-corrected chi connectivity index (χ1v) is 8.01. The molecule has 0 atom stereocenters. The minimum atomic E-state index is -0.228. The molecule has 2 aromatic rings. The number of hydrogen-bond acceptors (Lipinski definition) is 4. The van der Waals surface area contributed by atoms with Gasteiger partial charge in [0.05, 0.1) is 0 Å². The van der Waals surface area contributed by atoms with E-state index in [0.717, 1.165) is 18.5 Å². The van der Waals surface area contributed by atoms with Gasteiger partial charge >= 0.3 is 0 Å². The number of carbonyl (C=O) groups excluding carboxylic acids is 1. The summed E-state index contributed by atoms with van der Waals surface area (Å²) in [4.78, 5) is 20.3. The summed E-state index contributed by atoms with van der Waals surface area (Å²) in [5.41, 5.74) is 1.33. The van der Waals surface area contributed by atoms with Gasteiger partial charge in [0.2, 0.25) is 0 Å². The Morgan fingerprint density at radius 3 is 2.65 bits per heavy atom. The minimum Gasteiger partial charge on any atom is -0.370 e. The van der Waals surface area contributed by atoms with E-state index in [2.05, 4.69) is 34.4 Å². The molecule has 2 rings (SSSR count). The summed E-state index contributed by atoms with van der Waals surface area (Å²) >= 11 is 5.84. The second kappa shape index (κ2) is 8.48. The number of halogens is 1. The summed E-state index contributed by atoms with van der Waals surface area (Å²) in [6.45, 7) is 5.57. The summed E-state index contributed by atoms with van der Waals surface area (Å²) in [5, 5.41) is 6.72. The number of carbonyl (C=O) groups is 1. The number of nitrogens with one attached hydrogen (secondary N) is 2. The number of nitrogens with zero attached hydrogens (tertiary/aromatic N) is 2. The number of rotatable bonds is 7. The van der Waals surface area contributed by atoms with Gasteiger partial charge < -0.3 is 10.6 Å². The largest absolute Gasteiger partial charge is 0.370 e. The third kappa shape index (κ3) is 5.87. The summed E-state index contributed by atoms with van der Waals surface area (Å²) < 4.78 is 0. The lowest BCUT2D eigenvalue weighted by Gasteiger charge is -2.09. The Bertz CT molecular complexity index is 643. The van der Waals surface area contributed by atoms with Gasteiger partial charge in [0, 0.05) is 24.2 Å². The van der Waals surface area contributed by atoms with Crippen LogP contribution in [0.25, 0.3) is 0 Å². The van der Waals surface area contributed by atoms with E-state index in [1.54, 1.807) is 18.2 Å². The summed E-state index contributed by atoms with van der Waals surface area (Å²) in [6, 6.07) is 9.01. The van der Waals surface area contributed by atoms with E-state index in [1.807, 2.05) is 12.1 Å². The molecule has 1 amide bonds. The van der Waals surface area contributed by atoms with Crippen molar-refractivity contribution in [3.05, 3.63) is 52.9 Å². The molecule has 1 aromatic heterocycles. The Hall–Kier alpha value is -2.14. The first-order valence-electron chi connectivity index (χ1n) is 7.63. The van der Waals surface area contributed by atoms with Crippen molar-refractivity contribution in [2.24, 2.45) is 5.92 Å². The van der Waals surface area contributed by atoms with Crippen LogP contribution in [-0.2, 0) is 6.54 Å². The van der Waals surface area contributed by atoms with Crippen molar-refractivity contribution < 1.29 is 4.79 Å². The SMILES string of the molecule is CC(C)CCNc1cc(C(=O)NCc2ccc(Cl)cc2)ncn1. The summed E-state index contributed by atoms with van der Waals surface area (Å²) in [7, 11) is 0. The molecular weight excluding hydrogens is 312 g/mol. The molecule has 1 heterocycles. The molecule has 0 saturated carbocycles. The molecule has 5 nitrogen and oxygen atoms in total. The van der Waals surface area contributed by atoms with Gasteiger partial charge in [0.1, 0.15) is 17.8 Å². The first kappa shape index (κ1) is 17.2. The highest BCUT2D eigenvalue weighted by Gasteiger charge is 2.08. The quantitative estimate of drug-likeness (QED) is 0.814. The second-order valence-electron chi connectivity index (χ2n) is 5.71. The first-order chi connectivity index (χ1) is 11.0. The van der Waals surface area contributed by atoms with Gasteiger partial charge in [0.25, 0.3) is 5.91 Å². The fraction of sp³-hybridized carbons (Fsp3) is 0.353. The van der Waals surface area contributed by atoms with Crippen LogP contribution in [0.3, 0.4) is 0 Å². The lowest BCUT2D eigenvalue weighted by atomic mass is 10.1. The topological polar surface area (TPSA) is 66.9 Å². The molecule has 0 aliphatic carbocycles. The fourth-order valence-electron chi connectivity index (χ4n) is 1.94. The highest BCUT2D eigenvalue weighted by atomic mass is 35.5. The van der Waals surface area contributed by atoms with Crippen LogP contribution in [0, 0.1) is 5.92 Å². The zero-order valence-corrected chi connectivity index (χ0v) is 14.1. The predicted octanol–water partition coefficient (Wildman–Crippen LogP) is 3.52. The van der Waals surface area contributed by atoms with Crippen molar-refractivity contribution >= 4 is 23.3 Å². The summed E-state index contributed by atoms with van der Waals surface area (Å²) in [6.07, 6.45) is 2.44. The second-order valence-corrected chi connectivity index (χ2v) is 6.14. The van der Waals surface area contributed by atoms with Crippen LogP contribution in [0.15, 0.2) is 36.7 Å².